The Bertz CT molecular complexity index is 671. The van der Waals surface area contributed by atoms with E-state index in [0.29, 0.717) is 10.6 Å². The Morgan fingerprint density at radius 2 is 2.18 bits per heavy atom. The van der Waals surface area contributed by atoms with Gasteiger partial charge in [-0.15, -0.1) is 0 Å². The molecule has 0 aliphatic heterocycles. The SMILES string of the molecule is C[C@H](N)CN[C@@H](C)Cn1ccc(-c2ccc(C#N)c(Cl)c2)n1. The van der Waals surface area contributed by atoms with Gasteiger partial charge in [-0.25, -0.2) is 0 Å². The van der Waals surface area contributed by atoms with Crippen molar-refractivity contribution < 1.29 is 0 Å². The highest BCUT2D eigenvalue weighted by atomic mass is 35.5. The van der Waals surface area contributed by atoms with Crippen LogP contribution >= 0.6 is 11.6 Å². The van der Waals surface area contributed by atoms with Crippen molar-refractivity contribution >= 4 is 11.6 Å². The molecule has 6 heteroatoms. The minimum Gasteiger partial charge on any atom is -0.327 e. The van der Waals surface area contributed by atoms with Crippen molar-refractivity contribution in [2.45, 2.75) is 32.5 Å². The molecule has 2 rings (SSSR count). The van der Waals surface area contributed by atoms with Gasteiger partial charge in [0, 0.05) is 30.4 Å². The van der Waals surface area contributed by atoms with Gasteiger partial charge in [0.25, 0.3) is 0 Å². The summed E-state index contributed by atoms with van der Waals surface area (Å²) in [5, 5.41) is 17.3. The van der Waals surface area contributed by atoms with Crippen molar-refractivity contribution in [2.24, 2.45) is 5.73 Å². The molecule has 0 fully saturated rings. The highest BCUT2D eigenvalue weighted by molar-refractivity contribution is 6.32. The number of halogens is 1. The van der Waals surface area contributed by atoms with Gasteiger partial charge < -0.3 is 11.1 Å². The van der Waals surface area contributed by atoms with Crippen LogP contribution in [0.25, 0.3) is 11.3 Å². The Hall–Kier alpha value is -1.87. The minimum absolute atomic E-state index is 0.136. The van der Waals surface area contributed by atoms with E-state index in [1.165, 1.54) is 0 Å². The first-order chi connectivity index (χ1) is 10.5. The topological polar surface area (TPSA) is 79.7 Å². The van der Waals surface area contributed by atoms with Crippen LogP contribution in [0.1, 0.15) is 19.4 Å². The zero-order chi connectivity index (χ0) is 16.1. The third-order valence-electron chi connectivity index (χ3n) is 3.28. The molecule has 1 heterocycles. The fourth-order valence-corrected chi connectivity index (χ4v) is 2.34. The number of benzene rings is 1. The van der Waals surface area contributed by atoms with Crippen LogP contribution in [0.3, 0.4) is 0 Å². The number of nitrogens with zero attached hydrogens (tertiary/aromatic N) is 3. The minimum atomic E-state index is 0.136. The number of nitrogens with one attached hydrogen (secondary N) is 1. The van der Waals surface area contributed by atoms with Crippen LogP contribution in [0, 0.1) is 11.3 Å². The molecule has 1 aromatic heterocycles. The normalized spacial score (nSPS) is 13.6. The number of nitriles is 1. The lowest BCUT2D eigenvalue weighted by Gasteiger charge is -2.15. The molecule has 1 aromatic carbocycles. The number of rotatable bonds is 6. The van der Waals surface area contributed by atoms with Crippen molar-refractivity contribution in [3.63, 3.8) is 0 Å². The maximum Gasteiger partial charge on any atom is 0.101 e. The molecular weight excluding hydrogens is 298 g/mol. The van der Waals surface area contributed by atoms with Gasteiger partial charge in [-0.05, 0) is 32.0 Å². The monoisotopic (exact) mass is 317 g/mol. The van der Waals surface area contributed by atoms with Gasteiger partial charge >= 0.3 is 0 Å². The summed E-state index contributed by atoms with van der Waals surface area (Å²) in [5.74, 6) is 0. The molecule has 0 radical (unpaired) electrons. The van der Waals surface area contributed by atoms with Gasteiger partial charge in [-0.1, -0.05) is 17.7 Å². The molecule has 0 unspecified atom stereocenters. The highest BCUT2D eigenvalue weighted by Crippen LogP contribution is 2.24. The molecule has 0 bridgehead atoms. The third-order valence-corrected chi connectivity index (χ3v) is 3.59. The molecule has 0 spiro atoms. The lowest BCUT2D eigenvalue weighted by Crippen LogP contribution is -2.38. The largest absolute Gasteiger partial charge is 0.327 e. The molecule has 2 aromatic rings. The van der Waals surface area contributed by atoms with Crippen LogP contribution < -0.4 is 11.1 Å². The standard InChI is InChI=1S/C16H20ClN5/c1-11(19)9-20-12(2)10-22-6-5-16(21-22)13-3-4-14(8-18)15(17)7-13/h3-7,11-12,20H,9-10,19H2,1-2H3/t11-,12-/m0/s1. The van der Waals surface area contributed by atoms with E-state index in [1.807, 2.05) is 29.9 Å². The fourth-order valence-electron chi connectivity index (χ4n) is 2.11. The third kappa shape index (κ3) is 4.31. The molecule has 0 saturated heterocycles. The summed E-state index contributed by atoms with van der Waals surface area (Å²) >= 11 is 6.06. The van der Waals surface area contributed by atoms with E-state index < -0.39 is 0 Å². The van der Waals surface area contributed by atoms with Gasteiger partial charge in [0.2, 0.25) is 0 Å². The van der Waals surface area contributed by atoms with E-state index in [0.717, 1.165) is 24.3 Å². The number of aromatic nitrogens is 2. The van der Waals surface area contributed by atoms with Crippen molar-refractivity contribution in [3.05, 3.63) is 41.0 Å². The zero-order valence-corrected chi connectivity index (χ0v) is 13.5. The maximum absolute atomic E-state index is 8.90. The molecular formula is C16H20ClN5. The molecule has 0 amide bonds. The van der Waals surface area contributed by atoms with Gasteiger partial charge in [-0.3, -0.25) is 4.68 Å². The predicted molar refractivity (Wildman–Crippen MR) is 88.5 cm³/mol. The Balaban J connectivity index is 2.05. The Morgan fingerprint density at radius 3 is 2.82 bits per heavy atom. The Labute approximate surface area is 135 Å². The average Bonchev–Trinajstić information content (AvgIpc) is 2.93. The number of hydrogen-bond acceptors (Lipinski definition) is 4. The first-order valence-electron chi connectivity index (χ1n) is 7.22. The van der Waals surface area contributed by atoms with E-state index in [4.69, 9.17) is 22.6 Å². The lowest BCUT2D eigenvalue weighted by atomic mass is 10.1. The van der Waals surface area contributed by atoms with Crippen molar-refractivity contribution in [3.8, 4) is 17.3 Å². The average molecular weight is 318 g/mol. The van der Waals surface area contributed by atoms with E-state index in [9.17, 15) is 0 Å². The van der Waals surface area contributed by atoms with Crippen LogP contribution in [0.5, 0.6) is 0 Å². The first kappa shape index (κ1) is 16.5. The van der Waals surface area contributed by atoms with Gasteiger partial charge in [0.1, 0.15) is 6.07 Å². The molecule has 5 nitrogen and oxygen atoms in total. The smallest absolute Gasteiger partial charge is 0.101 e. The quantitative estimate of drug-likeness (QED) is 0.857. The Morgan fingerprint density at radius 1 is 1.41 bits per heavy atom. The van der Waals surface area contributed by atoms with Crippen LogP contribution in [0.2, 0.25) is 5.02 Å². The van der Waals surface area contributed by atoms with Crippen molar-refractivity contribution in [1.29, 1.82) is 5.26 Å². The summed E-state index contributed by atoms with van der Waals surface area (Å²) in [6.07, 6.45) is 1.94. The lowest BCUT2D eigenvalue weighted by molar-refractivity contribution is 0.440. The van der Waals surface area contributed by atoms with Crippen LogP contribution in [-0.2, 0) is 6.54 Å². The summed E-state index contributed by atoms with van der Waals surface area (Å²) in [6.45, 7) is 5.61. The molecule has 0 aliphatic rings. The number of hydrogen-bond donors (Lipinski definition) is 2. The number of nitrogens with two attached hydrogens (primary N) is 1. The molecule has 2 atom stereocenters. The summed E-state index contributed by atoms with van der Waals surface area (Å²) in [6, 6.07) is 9.75. The van der Waals surface area contributed by atoms with Gasteiger partial charge in [0.15, 0.2) is 0 Å². The van der Waals surface area contributed by atoms with Crippen molar-refractivity contribution in [2.75, 3.05) is 6.54 Å². The molecule has 0 aliphatic carbocycles. The maximum atomic E-state index is 8.90. The van der Waals surface area contributed by atoms with E-state index in [1.54, 1.807) is 12.1 Å². The van der Waals surface area contributed by atoms with Gasteiger partial charge in [-0.2, -0.15) is 10.4 Å². The van der Waals surface area contributed by atoms with Gasteiger partial charge in [0.05, 0.1) is 22.8 Å². The molecule has 3 N–H and O–H groups in total. The van der Waals surface area contributed by atoms with Crippen LogP contribution in [-0.4, -0.2) is 28.4 Å². The predicted octanol–water partition coefficient (Wildman–Crippen LogP) is 2.40. The Kier molecular flexibility index (Phi) is 5.56. The van der Waals surface area contributed by atoms with E-state index in [2.05, 4.69) is 23.4 Å². The van der Waals surface area contributed by atoms with Crippen LogP contribution in [0.15, 0.2) is 30.5 Å². The highest BCUT2D eigenvalue weighted by Gasteiger charge is 2.08. The second-order valence-electron chi connectivity index (χ2n) is 5.52. The van der Waals surface area contributed by atoms with Crippen LogP contribution in [0.4, 0.5) is 0 Å². The molecule has 116 valence electrons. The summed E-state index contributed by atoms with van der Waals surface area (Å²) in [5.41, 5.74) is 7.94. The summed E-state index contributed by atoms with van der Waals surface area (Å²) < 4.78 is 1.89. The van der Waals surface area contributed by atoms with E-state index in [-0.39, 0.29) is 12.1 Å². The van der Waals surface area contributed by atoms with E-state index >= 15 is 0 Å². The summed E-state index contributed by atoms with van der Waals surface area (Å²) in [4.78, 5) is 0. The zero-order valence-electron chi connectivity index (χ0n) is 12.8. The fraction of sp³-hybridized carbons (Fsp3) is 0.375. The second kappa shape index (κ2) is 7.41. The summed E-state index contributed by atoms with van der Waals surface area (Å²) in [7, 11) is 0. The molecule has 22 heavy (non-hydrogen) atoms. The first-order valence-corrected chi connectivity index (χ1v) is 7.60. The molecule has 0 saturated carbocycles. The van der Waals surface area contributed by atoms with Crippen molar-refractivity contribution in [1.82, 2.24) is 15.1 Å². The second-order valence-corrected chi connectivity index (χ2v) is 5.92.